The number of rotatable bonds is 3. The molecule has 3 heteroatoms. The fraction of sp³-hybridized carbons (Fsp3) is 0.303. The standard InChI is InChI=1S/C33H34N2O/c1-21-18-30(35-28-13-8-7-10-23(28)24-15-14-22(36-6)19-29(24)35)34-20-26(21)25-11-9-12-27-31(25)33(4,5)17-16-32(27,2)3/h7-15,18-20H,16-17H2,1-6H3/i1D3,7D,8D,10D,13D. The van der Waals surface area contributed by atoms with Gasteiger partial charge < -0.3 is 4.74 Å². The van der Waals surface area contributed by atoms with Crippen molar-refractivity contribution < 1.29 is 14.3 Å². The van der Waals surface area contributed by atoms with Crippen molar-refractivity contribution >= 4 is 21.8 Å². The summed E-state index contributed by atoms with van der Waals surface area (Å²) in [6, 6.07) is 11.8. The third kappa shape index (κ3) is 3.37. The minimum Gasteiger partial charge on any atom is -0.497 e. The van der Waals surface area contributed by atoms with E-state index in [1.54, 1.807) is 35.0 Å². The first-order chi connectivity index (χ1) is 20.1. The van der Waals surface area contributed by atoms with Gasteiger partial charge in [-0.15, -0.1) is 0 Å². The summed E-state index contributed by atoms with van der Waals surface area (Å²) in [6.45, 7) is 6.39. The summed E-state index contributed by atoms with van der Waals surface area (Å²) in [5.41, 5.74) is 4.41. The van der Waals surface area contributed by atoms with Gasteiger partial charge in [0.25, 0.3) is 0 Å². The van der Waals surface area contributed by atoms with E-state index < -0.39 is 6.85 Å². The maximum absolute atomic E-state index is 8.80. The molecule has 1 aliphatic carbocycles. The minimum absolute atomic E-state index is 0.0560. The molecule has 3 nitrogen and oxygen atoms in total. The third-order valence-electron chi connectivity index (χ3n) is 7.86. The molecule has 182 valence electrons. The van der Waals surface area contributed by atoms with Crippen LogP contribution in [0.2, 0.25) is 0 Å². The Labute approximate surface area is 223 Å². The molecule has 3 aromatic carbocycles. The normalized spacial score (nSPS) is 19.4. The Morgan fingerprint density at radius 2 is 1.72 bits per heavy atom. The molecule has 0 saturated heterocycles. The predicted octanol–water partition coefficient (Wildman–Crippen LogP) is 8.51. The molecule has 0 spiro atoms. The summed E-state index contributed by atoms with van der Waals surface area (Å²) in [6.07, 6.45) is 3.60. The van der Waals surface area contributed by atoms with Crippen LogP contribution in [-0.4, -0.2) is 16.7 Å². The minimum atomic E-state index is -2.49. The van der Waals surface area contributed by atoms with E-state index >= 15 is 0 Å². The van der Waals surface area contributed by atoms with Crippen molar-refractivity contribution in [1.29, 1.82) is 0 Å². The summed E-state index contributed by atoms with van der Waals surface area (Å²) in [7, 11) is 1.53. The summed E-state index contributed by atoms with van der Waals surface area (Å²) in [5, 5.41) is 0.927. The molecule has 36 heavy (non-hydrogen) atoms. The molecule has 6 rings (SSSR count). The smallest absolute Gasteiger partial charge is 0.137 e. The van der Waals surface area contributed by atoms with E-state index in [0.29, 0.717) is 27.6 Å². The van der Waals surface area contributed by atoms with Crippen LogP contribution in [0.4, 0.5) is 0 Å². The number of para-hydroxylation sites is 1. The van der Waals surface area contributed by atoms with Crippen LogP contribution in [0.5, 0.6) is 5.75 Å². The lowest BCUT2D eigenvalue weighted by molar-refractivity contribution is 0.333. The monoisotopic (exact) mass is 481 g/mol. The Morgan fingerprint density at radius 1 is 0.917 bits per heavy atom. The van der Waals surface area contributed by atoms with Crippen LogP contribution in [0.3, 0.4) is 0 Å². The van der Waals surface area contributed by atoms with Crippen molar-refractivity contribution in [3.05, 3.63) is 89.5 Å². The van der Waals surface area contributed by atoms with E-state index in [0.717, 1.165) is 24.0 Å². The van der Waals surface area contributed by atoms with Gasteiger partial charge in [0.1, 0.15) is 11.6 Å². The molecule has 0 amide bonds. The summed E-state index contributed by atoms with van der Waals surface area (Å²) in [4.78, 5) is 4.80. The highest BCUT2D eigenvalue weighted by molar-refractivity contribution is 6.09. The summed E-state index contributed by atoms with van der Waals surface area (Å²) < 4.78 is 67.0. The maximum Gasteiger partial charge on any atom is 0.137 e. The van der Waals surface area contributed by atoms with Gasteiger partial charge in [0.05, 0.1) is 23.6 Å². The van der Waals surface area contributed by atoms with Crippen molar-refractivity contribution in [1.82, 2.24) is 9.55 Å². The lowest BCUT2D eigenvalue weighted by atomic mass is 9.61. The molecular weight excluding hydrogens is 440 g/mol. The molecule has 0 N–H and O–H groups in total. The van der Waals surface area contributed by atoms with Crippen LogP contribution in [-0.2, 0) is 10.8 Å². The van der Waals surface area contributed by atoms with Gasteiger partial charge in [-0.25, -0.2) is 4.98 Å². The molecule has 0 aliphatic heterocycles. The fourth-order valence-corrected chi connectivity index (χ4v) is 5.80. The second-order valence-electron chi connectivity index (χ2n) is 11.0. The Morgan fingerprint density at radius 3 is 2.53 bits per heavy atom. The molecule has 0 unspecified atom stereocenters. The van der Waals surface area contributed by atoms with Crippen molar-refractivity contribution in [2.24, 2.45) is 0 Å². The zero-order valence-corrected chi connectivity index (χ0v) is 21.3. The largest absolute Gasteiger partial charge is 0.497 e. The van der Waals surface area contributed by atoms with Crippen LogP contribution in [0.1, 0.15) is 66.8 Å². The molecule has 2 aromatic heterocycles. The Hall–Kier alpha value is -3.59. The number of ether oxygens (including phenoxy) is 1. The van der Waals surface area contributed by atoms with E-state index in [9.17, 15) is 0 Å². The maximum atomic E-state index is 8.80. The Balaban J connectivity index is 1.71. The predicted molar refractivity (Wildman–Crippen MR) is 151 cm³/mol. The van der Waals surface area contributed by atoms with Crippen LogP contribution < -0.4 is 4.74 Å². The molecule has 0 bridgehead atoms. The van der Waals surface area contributed by atoms with Gasteiger partial charge in [0.15, 0.2) is 0 Å². The van der Waals surface area contributed by atoms with Crippen LogP contribution in [0.25, 0.3) is 38.8 Å². The number of pyridine rings is 1. The Kier molecular flexibility index (Phi) is 3.58. The first kappa shape index (κ1) is 16.2. The average Bonchev–Trinajstić information content (AvgIpc) is 3.31. The average molecular weight is 482 g/mol. The van der Waals surface area contributed by atoms with Gasteiger partial charge in [0, 0.05) is 32.7 Å². The summed E-state index contributed by atoms with van der Waals surface area (Å²) in [5.74, 6) is 0.776. The van der Waals surface area contributed by atoms with Gasteiger partial charge in [0.2, 0.25) is 0 Å². The van der Waals surface area contributed by atoms with Crippen LogP contribution >= 0.6 is 0 Å². The highest BCUT2D eigenvalue weighted by Crippen LogP contribution is 2.49. The van der Waals surface area contributed by atoms with Gasteiger partial charge in [-0.1, -0.05) is 64.0 Å². The van der Waals surface area contributed by atoms with Gasteiger partial charge in [-0.05, 0) is 77.0 Å². The SMILES string of the molecule is [2H]c1c([2H])c([2H])c2c(c1[2H])c1ccc(OC)cc1n2-c1cc(C([2H])([2H])[2H])c(-c2cccc3c2C(C)(C)CCC3(C)C)cn1. The van der Waals surface area contributed by atoms with Crippen molar-refractivity contribution in [2.75, 3.05) is 7.11 Å². The van der Waals surface area contributed by atoms with E-state index in [4.69, 9.17) is 19.3 Å². The number of benzene rings is 3. The van der Waals surface area contributed by atoms with E-state index in [-0.39, 0.29) is 51.9 Å². The first-order valence-electron chi connectivity index (χ1n) is 15.8. The van der Waals surface area contributed by atoms with E-state index in [1.165, 1.54) is 12.7 Å². The molecule has 2 heterocycles. The molecule has 5 aromatic rings. The molecule has 0 atom stereocenters. The van der Waals surface area contributed by atoms with Gasteiger partial charge in [-0.2, -0.15) is 0 Å². The topological polar surface area (TPSA) is 27.1 Å². The zero-order valence-electron chi connectivity index (χ0n) is 28.3. The number of methoxy groups -OCH3 is 1. The highest BCUT2D eigenvalue weighted by Gasteiger charge is 2.38. The van der Waals surface area contributed by atoms with Crippen LogP contribution in [0, 0.1) is 6.85 Å². The number of nitrogens with zero attached hydrogens (tertiary/aromatic N) is 2. The second kappa shape index (κ2) is 7.96. The molecular formula is C33H34N2O. The second-order valence-corrected chi connectivity index (χ2v) is 11.0. The Bertz CT molecular complexity index is 1950. The van der Waals surface area contributed by atoms with Crippen LogP contribution in [0.15, 0.2) is 72.8 Å². The molecule has 1 aliphatic rings. The summed E-state index contributed by atoms with van der Waals surface area (Å²) >= 11 is 0. The molecule has 0 saturated carbocycles. The van der Waals surface area contributed by atoms with Crippen molar-refractivity contribution in [3.63, 3.8) is 0 Å². The lowest BCUT2D eigenvalue weighted by Gasteiger charge is -2.43. The van der Waals surface area contributed by atoms with E-state index in [1.807, 2.05) is 12.1 Å². The van der Waals surface area contributed by atoms with Gasteiger partial charge in [-0.3, -0.25) is 4.57 Å². The molecule has 0 fully saturated rings. The number of fused-ring (bicyclic) bond motifs is 4. The van der Waals surface area contributed by atoms with E-state index in [2.05, 4.69) is 33.8 Å². The fourth-order valence-electron chi connectivity index (χ4n) is 5.80. The van der Waals surface area contributed by atoms with Gasteiger partial charge >= 0.3 is 0 Å². The molecule has 0 radical (unpaired) electrons. The van der Waals surface area contributed by atoms with Crippen molar-refractivity contribution in [3.8, 4) is 22.7 Å². The number of aryl methyl sites for hydroxylation is 1. The number of hydrogen-bond acceptors (Lipinski definition) is 2. The lowest BCUT2D eigenvalue weighted by Crippen LogP contribution is -2.34. The van der Waals surface area contributed by atoms with Crippen molar-refractivity contribution in [2.45, 2.75) is 58.2 Å². The number of hydrogen-bond donors (Lipinski definition) is 0. The third-order valence-corrected chi connectivity index (χ3v) is 7.86. The first-order valence-corrected chi connectivity index (χ1v) is 12.3. The quantitative estimate of drug-likeness (QED) is 0.258. The zero-order chi connectivity index (χ0) is 31.2. The number of aromatic nitrogens is 2. The highest BCUT2D eigenvalue weighted by atomic mass is 16.5.